The SMILES string of the molecule is COc1cc(N2CCC3(CCN(C(=O)c4ccc(N5CCCCS5(=O)=O)cc4)CC3)C2=O)ccc1/C(C=N)=C/N. The summed E-state index contributed by atoms with van der Waals surface area (Å²) in [5.41, 5.74) is 8.18. The topological polar surface area (TPSA) is 137 Å². The normalized spacial score (nSPS) is 20.6. The van der Waals surface area contributed by atoms with E-state index in [2.05, 4.69) is 0 Å². The Hall–Kier alpha value is -3.86. The number of nitrogens with two attached hydrogens (primary N) is 1. The van der Waals surface area contributed by atoms with E-state index in [1.165, 1.54) is 10.5 Å². The van der Waals surface area contributed by atoms with E-state index in [1.54, 1.807) is 47.2 Å². The molecule has 10 nitrogen and oxygen atoms in total. The monoisotopic (exact) mass is 565 g/mol. The van der Waals surface area contributed by atoms with Crippen LogP contribution in [0, 0.1) is 10.8 Å². The Labute approximate surface area is 234 Å². The van der Waals surface area contributed by atoms with E-state index in [0.717, 1.165) is 18.3 Å². The number of ether oxygens (including phenoxy) is 1. The Kier molecular flexibility index (Phi) is 7.59. The smallest absolute Gasteiger partial charge is 0.253 e. The number of carbonyl (C=O) groups excluding carboxylic acids is 2. The van der Waals surface area contributed by atoms with Gasteiger partial charge >= 0.3 is 0 Å². The van der Waals surface area contributed by atoms with Gasteiger partial charge in [0.2, 0.25) is 15.9 Å². The van der Waals surface area contributed by atoms with Crippen molar-refractivity contribution in [3.63, 3.8) is 0 Å². The lowest BCUT2D eigenvalue weighted by Crippen LogP contribution is -2.46. The fourth-order valence-corrected chi connectivity index (χ4v) is 7.64. The molecule has 0 aliphatic carbocycles. The van der Waals surface area contributed by atoms with Crippen LogP contribution in [-0.2, 0) is 14.8 Å². The predicted octanol–water partition coefficient (Wildman–Crippen LogP) is 3.23. The highest BCUT2D eigenvalue weighted by Crippen LogP contribution is 2.44. The Morgan fingerprint density at radius 3 is 2.30 bits per heavy atom. The van der Waals surface area contributed by atoms with Crippen LogP contribution in [0.4, 0.5) is 11.4 Å². The van der Waals surface area contributed by atoms with Gasteiger partial charge in [-0.2, -0.15) is 0 Å². The van der Waals surface area contributed by atoms with Crippen LogP contribution in [-0.4, -0.2) is 70.4 Å². The molecule has 2 aromatic carbocycles. The van der Waals surface area contributed by atoms with E-state index in [0.29, 0.717) is 80.0 Å². The Bertz CT molecular complexity index is 1450. The van der Waals surface area contributed by atoms with Gasteiger partial charge in [0.15, 0.2) is 0 Å². The molecule has 40 heavy (non-hydrogen) atoms. The number of sulfonamides is 1. The Balaban J connectivity index is 1.24. The third kappa shape index (κ3) is 4.94. The molecule has 0 radical (unpaired) electrons. The first kappa shape index (κ1) is 27.7. The number of allylic oxidation sites excluding steroid dienone is 1. The van der Waals surface area contributed by atoms with Gasteiger partial charge in [0.25, 0.3) is 5.91 Å². The van der Waals surface area contributed by atoms with E-state index in [4.69, 9.17) is 15.9 Å². The van der Waals surface area contributed by atoms with Gasteiger partial charge in [0.05, 0.1) is 24.0 Å². The maximum atomic E-state index is 13.7. The van der Waals surface area contributed by atoms with Crippen LogP contribution < -0.4 is 19.7 Å². The van der Waals surface area contributed by atoms with Crippen molar-refractivity contribution in [2.24, 2.45) is 11.1 Å². The number of amides is 2. The standard InChI is InChI=1S/C29H35N5O5S/c1-39-26-18-24(8-9-25(26)22(19-30)20-31)33-16-12-29(28(33)36)10-14-32(15-11-29)27(35)21-4-6-23(7-5-21)34-13-2-3-17-40(34,37)38/h4-9,18-20,30H,2-3,10-17,31H2,1H3/b22-20+,30-19?. The zero-order chi connectivity index (χ0) is 28.5. The van der Waals surface area contributed by atoms with Crippen molar-refractivity contribution in [3.8, 4) is 5.75 Å². The van der Waals surface area contributed by atoms with Crippen LogP contribution in [0.3, 0.4) is 0 Å². The number of anilines is 2. The number of piperidine rings is 1. The maximum Gasteiger partial charge on any atom is 0.253 e. The lowest BCUT2D eigenvalue weighted by Gasteiger charge is -2.38. The molecule has 2 amide bonds. The number of nitrogens with zero attached hydrogens (tertiary/aromatic N) is 3. The summed E-state index contributed by atoms with van der Waals surface area (Å²) in [6.45, 7) is 2.00. The molecule has 1 spiro atoms. The molecular weight excluding hydrogens is 530 g/mol. The van der Waals surface area contributed by atoms with E-state index in [-0.39, 0.29) is 17.6 Å². The molecule has 3 aliphatic heterocycles. The van der Waals surface area contributed by atoms with E-state index >= 15 is 0 Å². The van der Waals surface area contributed by atoms with E-state index in [9.17, 15) is 18.0 Å². The molecule has 3 fully saturated rings. The minimum atomic E-state index is -3.31. The number of hydrogen-bond donors (Lipinski definition) is 2. The van der Waals surface area contributed by atoms with Crippen molar-refractivity contribution < 1.29 is 22.7 Å². The lowest BCUT2D eigenvalue weighted by atomic mass is 9.77. The van der Waals surface area contributed by atoms with Crippen molar-refractivity contribution >= 4 is 45.0 Å². The number of likely N-dealkylation sites (tertiary alicyclic amines) is 1. The minimum absolute atomic E-state index is 0.0585. The molecular formula is C29H35N5O5S. The molecule has 3 N–H and O–H groups in total. The van der Waals surface area contributed by atoms with Gasteiger partial charge in [-0.25, -0.2) is 8.42 Å². The van der Waals surface area contributed by atoms with Gasteiger partial charge in [0, 0.05) is 67.0 Å². The van der Waals surface area contributed by atoms with Crippen molar-refractivity contribution in [2.45, 2.75) is 32.1 Å². The first-order valence-electron chi connectivity index (χ1n) is 13.6. The van der Waals surface area contributed by atoms with Gasteiger partial charge in [-0.3, -0.25) is 13.9 Å². The highest BCUT2D eigenvalue weighted by Gasteiger charge is 2.49. The third-order valence-electron chi connectivity index (χ3n) is 8.41. The summed E-state index contributed by atoms with van der Waals surface area (Å²) in [7, 11) is -1.76. The van der Waals surface area contributed by atoms with Crippen LogP contribution in [0.2, 0.25) is 0 Å². The Morgan fingerprint density at radius 1 is 1.00 bits per heavy atom. The van der Waals surface area contributed by atoms with E-state index in [1.807, 2.05) is 12.1 Å². The number of carbonyl (C=O) groups is 2. The molecule has 2 aromatic rings. The van der Waals surface area contributed by atoms with Crippen LogP contribution in [0.15, 0.2) is 48.7 Å². The first-order valence-corrected chi connectivity index (χ1v) is 15.2. The van der Waals surface area contributed by atoms with Gasteiger partial charge in [-0.05, 0) is 68.5 Å². The summed E-state index contributed by atoms with van der Waals surface area (Å²) in [5.74, 6) is 0.634. The predicted molar refractivity (Wildman–Crippen MR) is 155 cm³/mol. The highest BCUT2D eigenvalue weighted by atomic mass is 32.2. The molecule has 3 saturated heterocycles. The molecule has 0 atom stereocenters. The van der Waals surface area contributed by atoms with Crippen LogP contribution in [0.5, 0.6) is 5.75 Å². The van der Waals surface area contributed by atoms with Gasteiger partial charge in [-0.15, -0.1) is 0 Å². The molecule has 3 heterocycles. The summed E-state index contributed by atoms with van der Waals surface area (Å²) in [4.78, 5) is 30.5. The zero-order valence-corrected chi connectivity index (χ0v) is 23.5. The number of methoxy groups -OCH3 is 1. The van der Waals surface area contributed by atoms with Crippen molar-refractivity contribution in [1.82, 2.24) is 4.90 Å². The summed E-state index contributed by atoms with van der Waals surface area (Å²) >= 11 is 0. The fourth-order valence-electron chi connectivity index (χ4n) is 6.00. The zero-order valence-electron chi connectivity index (χ0n) is 22.6. The van der Waals surface area contributed by atoms with Crippen LogP contribution in [0.1, 0.15) is 48.0 Å². The van der Waals surface area contributed by atoms with Gasteiger partial charge in [0.1, 0.15) is 5.75 Å². The Morgan fingerprint density at radius 2 is 1.68 bits per heavy atom. The van der Waals surface area contributed by atoms with Crippen molar-refractivity contribution in [3.05, 3.63) is 59.8 Å². The average molecular weight is 566 g/mol. The minimum Gasteiger partial charge on any atom is -0.496 e. The molecule has 0 aromatic heterocycles. The second-order valence-electron chi connectivity index (χ2n) is 10.6. The molecule has 3 aliphatic rings. The summed E-state index contributed by atoms with van der Waals surface area (Å²) in [5, 5.41) is 7.57. The molecule has 0 saturated carbocycles. The second kappa shape index (κ2) is 11.0. The quantitative estimate of drug-likeness (QED) is 0.516. The summed E-state index contributed by atoms with van der Waals surface area (Å²) < 4.78 is 31.8. The fraction of sp³-hybridized carbons (Fsp3) is 0.414. The molecule has 0 unspecified atom stereocenters. The molecule has 212 valence electrons. The summed E-state index contributed by atoms with van der Waals surface area (Å²) in [6.07, 6.45) is 5.89. The van der Waals surface area contributed by atoms with E-state index < -0.39 is 15.4 Å². The first-order chi connectivity index (χ1) is 19.2. The number of hydrogen-bond acceptors (Lipinski definition) is 7. The van der Waals surface area contributed by atoms with Crippen LogP contribution in [0.25, 0.3) is 5.57 Å². The van der Waals surface area contributed by atoms with Gasteiger partial charge in [-0.1, -0.05) is 0 Å². The number of nitrogens with one attached hydrogen (secondary N) is 1. The average Bonchev–Trinajstić information content (AvgIpc) is 3.28. The maximum absolute atomic E-state index is 13.7. The largest absolute Gasteiger partial charge is 0.496 e. The molecule has 0 bridgehead atoms. The molecule has 5 rings (SSSR count). The third-order valence-corrected chi connectivity index (χ3v) is 10.3. The lowest BCUT2D eigenvalue weighted by molar-refractivity contribution is -0.127. The van der Waals surface area contributed by atoms with Crippen molar-refractivity contribution in [1.29, 1.82) is 5.41 Å². The summed E-state index contributed by atoms with van der Waals surface area (Å²) in [6, 6.07) is 12.2. The number of benzene rings is 2. The molecule has 11 heteroatoms. The van der Waals surface area contributed by atoms with Crippen molar-refractivity contribution in [2.75, 3.05) is 48.2 Å². The highest BCUT2D eigenvalue weighted by molar-refractivity contribution is 7.92. The second-order valence-corrected chi connectivity index (χ2v) is 12.6. The van der Waals surface area contributed by atoms with Gasteiger partial charge < -0.3 is 25.7 Å². The number of rotatable bonds is 6. The van der Waals surface area contributed by atoms with Crippen LogP contribution >= 0.6 is 0 Å².